The SMILES string of the molecule is CC1CN(C2=C(c3ccc(F)cc3)C(=O)N(Cc3ccccc3)C2=O)CC(C)O1. The number of hydrogen-bond donors (Lipinski definition) is 0. The fourth-order valence-corrected chi connectivity index (χ4v) is 4.00. The van der Waals surface area contributed by atoms with Gasteiger partial charge in [0, 0.05) is 13.1 Å². The third kappa shape index (κ3) is 3.80. The van der Waals surface area contributed by atoms with Crippen LogP contribution >= 0.6 is 0 Å². The van der Waals surface area contributed by atoms with Crippen molar-refractivity contribution >= 4 is 17.4 Å². The molecule has 1 saturated heterocycles. The van der Waals surface area contributed by atoms with E-state index >= 15 is 0 Å². The minimum atomic E-state index is -0.387. The predicted molar refractivity (Wildman–Crippen MR) is 107 cm³/mol. The summed E-state index contributed by atoms with van der Waals surface area (Å²) >= 11 is 0. The molecular formula is C23H23FN2O3. The third-order valence-electron chi connectivity index (χ3n) is 5.20. The van der Waals surface area contributed by atoms with Gasteiger partial charge in [-0.2, -0.15) is 0 Å². The van der Waals surface area contributed by atoms with Crippen LogP contribution in [0.15, 0.2) is 60.3 Å². The molecule has 2 amide bonds. The lowest BCUT2D eigenvalue weighted by atomic mass is 10.0. The van der Waals surface area contributed by atoms with E-state index in [4.69, 9.17) is 4.74 Å². The summed E-state index contributed by atoms with van der Waals surface area (Å²) in [7, 11) is 0. The molecule has 2 aromatic carbocycles. The number of ether oxygens (including phenoxy) is 1. The lowest BCUT2D eigenvalue weighted by Crippen LogP contribution is -2.46. The van der Waals surface area contributed by atoms with Crippen molar-refractivity contribution in [3.8, 4) is 0 Å². The van der Waals surface area contributed by atoms with E-state index in [2.05, 4.69) is 0 Å². The fourth-order valence-electron chi connectivity index (χ4n) is 4.00. The van der Waals surface area contributed by atoms with Crippen LogP contribution in [0.5, 0.6) is 0 Å². The highest BCUT2D eigenvalue weighted by molar-refractivity contribution is 6.35. The first kappa shape index (κ1) is 19.3. The van der Waals surface area contributed by atoms with E-state index in [0.29, 0.717) is 29.9 Å². The summed E-state index contributed by atoms with van der Waals surface area (Å²) in [6, 6.07) is 15.1. The molecular weight excluding hydrogens is 371 g/mol. The number of carbonyl (C=O) groups excluding carboxylic acids is 2. The van der Waals surface area contributed by atoms with E-state index in [1.807, 2.05) is 49.1 Å². The van der Waals surface area contributed by atoms with Crippen molar-refractivity contribution in [2.75, 3.05) is 13.1 Å². The van der Waals surface area contributed by atoms with Gasteiger partial charge in [-0.05, 0) is 37.1 Å². The molecule has 0 aromatic heterocycles. The summed E-state index contributed by atoms with van der Waals surface area (Å²) in [5.41, 5.74) is 2.12. The van der Waals surface area contributed by atoms with Crippen molar-refractivity contribution in [3.05, 3.63) is 77.2 Å². The number of imide groups is 1. The zero-order valence-corrected chi connectivity index (χ0v) is 16.5. The summed E-state index contributed by atoms with van der Waals surface area (Å²) in [6.45, 7) is 5.13. The Bertz CT molecular complexity index is 946. The Hall–Kier alpha value is -2.99. The van der Waals surface area contributed by atoms with Crippen LogP contribution in [-0.4, -0.2) is 46.9 Å². The Morgan fingerprint density at radius 1 is 0.931 bits per heavy atom. The predicted octanol–water partition coefficient (Wildman–Crippen LogP) is 3.22. The van der Waals surface area contributed by atoms with Gasteiger partial charge >= 0.3 is 0 Å². The van der Waals surface area contributed by atoms with Gasteiger partial charge in [0.2, 0.25) is 0 Å². The molecule has 29 heavy (non-hydrogen) atoms. The smallest absolute Gasteiger partial charge is 0.278 e. The van der Waals surface area contributed by atoms with Crippen molar-refractivity contribution in [3.63, 3.8) is 0 Å². The lowest BCUT2D eigenvalue weighted by molar-refractivity contribution is -0.139. The number of benzene rings is 2. The lowest BCUT2D eigenvalue weighted by Gasteiger charge is -2.37. The van der Waals surface area contributed by atoms with Crippen molar-refractivity contribution in [2.24, 2.45) is 0 Å². The van der Waals surface area contributed by atoms with E-state index in [-0.39, 0.29) is 36.4 Å². The number of halogens is 1. The minimum absolute atomic E-state index is 0.0632. The average molecular weight is 394 g/mol. The maximum absolute atomic E-state index is 13.5. The van der Waals surface area contributed by atoms with Gasteiger partial charge in [-0.1, -0.05) is 42.5 Å². The number of rotatable bonds is 4. The molecule has 2 heterocycles. The molecule has 2 aromatic rings. The second-order valence-corrected chi connectivity index (χ2v) is 7.57. The highest BCUT2D eigenvalue weighted by Gasteiger charge is 2.43. The molecule has 6 heteroatoms. The number of amides is 2. The average Bonchev–Trinajstić information content (AvgIpc) is 2.93. The molecule has 0 N–H and O–H groups in total. The first-order valence-corrected chi connectivity index (χ1v) is 9.74. The Morgan fingerprint density at radius 3 is 2.17 bits per heavy atom. The Morgan fingerprint density at radius 2 is 1.55 bits per heavy atom. The van der Waals surface area contributed by atoms with Crippen LogP contribution in [0, 0.1) is 5.82 Å². The van der Waals surface area contributed by atoms with Crippen molar-refractivity contribution in [1.29, 1.82) is 0 Å². The molecule has 0 saturated carbocycles. The summed E-state index contributed by atoms with van der Waals surface area (Å²) in [5, 5.41) is 0. The summed E-state index contributed by atoms with van der Waals surface area (Å²) in [4.78, 5) is 29.9. The Kier molecular flexibility index (Phi) is 5.20. The minimum Gasteiger partial charge on any atom is -0.372 e. The third-order valence-corrected chi connectivity index (χ3v) is 5.20. The van der Waals surface area contributed by atoms with Gasteiger partial charge in [-0.15, -0.1) is 0 Å². The maximum atomic E-state index is 13.5. The van der Waals surface area contributed by atoms with Crippen LogP contribution in [0.3, 0.4) is 0 Å². The van der Waals surface area contributed by atoms with Crippen LogP contribution in [0.25, 0.3) is 5.57 Å². The normalized spacial score (nSPS) is 22.6. The number of carbonyl (C=O) groups is 2. The summed E-state index contributed by atoms with van der Waals surface area (Å²) in [5.74, 6) is -1.06. The molecule has 0 aliphatic carbocycles. The largest absolute Gasteiger partial charge is 0.372 e. The summed E-state index contributed by atoms with van der Waals surface area (Å²) < 4.78 is 19.3. The zero-order chi connectivity index (χ0) is 20.5. The number of nitrogens with zero attached hydrogens (tertiary/aromatic N) is 2. The highest BCUT2D eigenvalue weighted by atomic mass is 19.1. The zero-order valence-electron chi connectivity index (χ0n) is 16.5. The van der Waals surface area contributed by atoms with Gasteiger partial charge in [0.1, 0.15) is 11.5 Å². The standard InChI is InChI=1S/C23H23FN2O3/c1-15-12-25(13-16(2)29-15)21-20(18-8-10-19(24)11-9-18)22(27)26(23(21)28)14-17-6-4-3-5-7-17/h3-11,15-16H,12-14H2,1-2H3. The molecule has 150 valence electrons. The highest BCUT2D eigenvalue weighted by Crippen LogP contribution is 2.34. The first-order valence-electron chi connectivity index (χ1n) is 9.74. The van der Waals surface area contributed by atoms with Crippen molar-refractivity contribution in [2.45, 2.75) is 32.6 Å². The maximum Gasteiger partial charge on any atom is 0.278 e. The molecule has 0 bridgehead atoms. The Labute approximate surface area is 169 Å². The number of hydrogen-bond acceptors (Lipinski definition) is 4. The molecule has 2 atom stereocenters. The van der Waals surface area contributed by atoms with Gasteiger partial charge in [0.15, 0.2) is 0 Å². The molecule has 2 unspecified atom stereocenters. The van der Waals surface area contributed by atoms with Gasteiger partial charge in [-0.25, -0.2) is 4.39 Å². The van der Waals surface area contributed by atoms with Gasteiger partial charge < -0.3 is 9.64 Å². The van der Waals surface area contributed by atoms with E-state index < -0.39 is 0 Å². The molecule has 0 spiro atoms. The fraction of sp³-hybridized carbons (Fsp3) is 0.304. The van der Waals surface area contributed by atoms with Crippen LogP contribution in [0.4, 0.5) is 4.39 Å². The van der Waals surface area contributed by atoms with E-state index in [1.54, 1.807) is 12.1 Å². The second kappa shape index (κ2) is 7.79. The van der Waals surface area contributed by atoms with Gasteiger partial charge in [-0.3, -0.25) is 14.5 Å². The molecule has 2 aliphatic rings. The van der Waals surface area contributed by atoms with Crippen LogP contribution in [0.1, 0.15) is 25.0 Å². The summed E-state index contributed by atoms with van der Waals surface area (Å²) in [6.07, 6.45) is -0.126. The van der Waals surface area contributed by atoms with Crippen LogP contribution in [0.2, 0.25) is 0 Å². The monoisotopic (exact) mass is 394 g/mol. The molecule has 1 fully saturated rings. The molecule has 2 aliphatic heterocycles. The number of morpholine rings is 1. The van der Waals surface area contributed by atoms with Crippen LogP contribution < -0.4 is 0 Å². The molecule has 0 radical (unpaired) electrons. The van der Waals surface area contributed by atoms with Gasteiger partial charge in [0.05, 0.1) is 24.3 Å². The van der Waals surface area contributed by atoms with E-state index in [1.165, 1.54) is 17.0 Å². The topological polar surface area (TPSA) is 49.9 Å². The van der Waals surface area contributed by atoms with Gasteiger partial charge in [0.25, 0.3) is 11.8 Å². The Balaban J connectivity index is 1.75. The molecule has 4 rings (SSSR count). The van der Waals surface area contributed by atoms with Crippen molar-refractivity contribution in [1.82, 2.24) is 9.80 Å². The molecule has 5 nitrogen and oxygen atoms in total. The van der Waals surface area contributed by atoms with E-state index in [9.17, 15) is 14.0 Å². The quantitative estimate of drug-likeness (QED) is 0.748. The van der Waals surface area contributed by atoms with E-state index in [0.717, 1.165) is 5.56 Å². The second-order valence-electron chi connectivity index (χ2n) is 7.57. The van der Waals surface area contributed by atoms with Crippen LogP contribution in [-0.2, 0) is 20.9 Å². The van der Waals surface area contributed by atoms with Crippen molar-refractivity contribution < 1.29 is 18.7 Å². The first-order chi connectivity index (χ1) is 13.9.